The number of rotatable bonds is 3. The number of benzene rings is 1. The fourth-order valence-electron chi connectivity index (χ4n) is 3.16. The van der Waals surface area contributed by atoms with Gasteiger partial charge in [0.25, 0.3) is 0 Å². The summed E-state index contributed by atoms with van der Waals surface area (Å²) in [5.74, 6) is -0.118. The third-order valence-electron chi connectivity index (χ3n) is 4.55. The third kappa shape index (κ3) is 3.14. The zero-order valence-electron chi connectivity index (χ0n) is 13.9. The summed E-state index contributed by atoms with van der Waals surface area (Å²) in [6, 6.07) is 11.3. The lowest BCUT2D eigenvalue weighted by Gasteiger charge is -2.11. The Morgan fingerprint density at radius 1 is 1.32 bits per heavy atom. The number of aliphatic hydroxyl groups is 1. The van der Waals surface area contributed by atoms with Gasteiger partial charge in [0.15, 0.2) is 0 Å². The molecule has 1 aromatic carbocycles. The monoisotopic (exact) mass is 336 g/mol. The molecule has 1 saturated heterocycles. The Bertz CT molecular complexity index is 917. The van der Waals surface area contributed by atoms with Gasteiger partial charge in [0, 0.05) is 30.2 Å². The molecular formula is C19H20N4O2. The van der Waals surface area contributed by atoms with E-state index in [9.17, 15) is 9.90 Å². The topological polar surface area (TPSA) is 78.7 Å². The smallest absolute Gasteiger partial charge is 0.241 e. The highest BCUT2D eigenvalue weighted by Crippen LogP contribution is 2.22. The number of hydrogen-bond acceptors (Lipinski definition) is 4. The number of fused-ring (bicyclic) bond motifs is 1. The summed E-state index contributed by atoms with van der Waals surface area (Å²) >= 11 is 0. The second-order valence-electron chi connectivity index (χ2n) is 6.47. The maximum Gasteiger partial charge on any atom is 0.241 e. The van der Waals surface area contributed by atoms with Crippen LogP contribution in [0.15, 0.2) is 48.8 Å². The number of aryl methyl sites for hydroxylation is 1. The SMILES string of the molecule is Cc1cccn2cc(-c3ccc(NC(=O)C4CC(O)CN4)cc3)nc12. The van der Waals surface area contributed by atoms with Crippen LogP contribution in [0.4, 0.5) is 5.69 Å². The summed E-state index contributed by atoms with van der Waals surface area (Å²) in [6.07, 6.45) is 3.98. The first-order valence-corrected chi connectivity index (χ1v) is 8.37. The number of carbonyl (C=O) groups excluding carboxylic acids is 1. The Hall–Kier alpha value is -2.70. The lowest BCUT2D eigenvalue weighted by Crippen LogP contribution is -2.35. The summed E-state index contributed by atoms with van der Waals surface area (Å²) in [4.78, 5) is 16.9. The molecule has 0 aliphatic carbocycles. The summed E-state index contributed by atoms with van der Waals surface area (Å²) < 4.78 is 2.01. The molecule has 128 valence electrons. The minimum atomic E-state index is -0.448. The van der Waals surface area contributed by atoms with E-state index in [-0.39, 0.29) is 11.9 Å². The highest BCUT2D eigenvalue weighted by Gasteiger charge is 2.27. The number of carbonyl (C=O) groups is 1. The standard InChI is InChI=1S/C19H20N4O2/c1-12-3-2-8-23-11-17(22-18(12)23)13-4-6-14(7-5-13)21-19(25)16-9-15(24)10-20-16/h2-8,11,15-16,20,24H,9-10H2,1H3,(H,21,25). The van der Waals surface area contributed by atoms with E-state index in [0.717, 1.165) is 28.2 Å². The third-order valence-corrected chi connectivity index (χ3v) is 4.55. The van der Waals surface area contributed by atoms with Crippen molar-refractivity contribution >= 4 is 17.2 Å². The van der Waals surface area contributed by atoms with Crippen LogP contribution in [0.25, 0.3) is 16.9 Å². The quantitative estimate of drug-likeness (QED) is 0.683. The first-order valence-electron chi connectivity index (χ1n) is 8.37. The Balaban J connectivity index is 1.51. The van der Waals surface area contributed by atoms with E-state index in [2.05, 4.69) is 15.6 Å². The second-order valence-corrected chi connectivity index (χ2v) is 6.47. The molecule has 3 aromatic rings. The van der Waals surface area contributed by atoms with Crippen LogP contribution in [0.2, 0.25) is 0 Å². The van der Waals surface area contributed by atoms with Gasteiger partial charge in [-0.25, -0.2) is 4.98 Å². The molecule has 2 unspecified atom stereocenters. The van der Waals surface area contributed by atoms with E-state index in [0.29, 0.717) is 13.0 Å². The number of anilines is 1. The number of aliphatic hydroxyl groups excluding tert-OH is 1. The van der Waals surface area contributed by atoms with E-state index in [1.54, 1.807) is 0 Å². The van der Waals surface area contributed by atoms with E-state index in [1.807, 2.05) is 60.1 Å². The molecule has 1 fully saturated rings. The van der Waals surface area contributed by atoms with E-state index in [1.165, 1.54) is 0 Å². The molecule has 1 amide bonds. The molecule has 6 heteroatoms. The number of pyridine rings is 1. The lowest BCUT2D eigenvalue weighted by molar-refractivity contribution is -0.117. The average molecular weight is 336 g/mol. The van der Waals surface area contributed by atoms with Crippen molar-refractivity contribution in [1.29, 1.82) is 0 Å². The van der Waals surface area contributed by atoms with Crippen LogP contribution >= 0.6 is 0 Å². The minimum Gasteiger partial charge on any atom is -0.392 e. The molecular weight excluding hydrogens is 316 g/mol. The van der Waals surface area contributed by atoms with Crippen molar-refractivity contribution in [2.24, 2.45) is 0 Å². The number of imidazole rings is 1. The zero-order valence-corrected chi connectivity index (χ0v) is 13.9. The number of aromatic nitrogens is 2. The molecule has 2 aromatic heterocycles. The summed E-state index contributed by atoms with van der Waals surface area (Å²) in [5.41, 5.74) is 4.70. The molecule has 6 nitrogen and oxygen atoms in total. The van der Waals surface area contributed by atoms with Crippen molar-refractivity contribution in [3.8, 4) is 11.3 Å². The molecule has 25 heavy (non-hydrogen) atoms. The van der Waals surface area contributed by atoms with Crippen LogP contribution in [0.3, 0.4) is 0 Å². The van der Waals surface area contributed by atoms with Crippen LogP contribution in [0.5, 0.6) is 0 Å². The number of amides is 1. The van der Waals surface area contributed by atoms with Gasteiger partial charge in [-0.2, -0.15) is 0 Å². The van der Waals surface area contributed by atoms with Crippen molar-refractivity contribution in [2.45, 2.75) is 25.5 Å². The fourth-order valence-corrected chi connectivity index (χ4v) is 3.16. The number of nitrogens with zero attached hydrogens (tertiary/aromatic N) is 2. The normalized spacial score (nSPS) is 20.1. The zero-order chi connectivity index (χ0) is 17.4. The van der Waals surface area contributed by atoms with Crippen molar-refractivity contribution in [3.63, 3.8) is 0 Å². The maximum atomic E-state index is 12.2. The molecule has 1 aliphatic rings. The van der Waals surface area contributed by atoms with Gasteiger partial charge in [-0.3, -0.25) is 4.79 Å². The Morgan fingerprint density at radius 2 is 2.12 bits per heavy atom. The van der Waals surface area contributed by atoms with Crippen molar-refractivity contribution in [2.75, 3.05) is 11.9 Å². The first-order chi connectivity index (χ1) is 12.1. The highest BCUT2D eigenvalue weighted by molar-refractivity contribution is 5.95. The first kappa shape index (κ1) is 15.8. The average Bonchev–Trinajstić information content (AvgIpc) is 3.23. The van der Waals surface area contributed by atoms with Crippen LogP contribution in [0.1, 0.15) is 12.0 Å². The van der Waals surface area contributed by atoms with Crippen LogP contribution in [0, 0.1) is 6.92 Å². The predicted octanol–water partition coefficient (Wildman–Crippen LogP) is 1.97. The maximum absolute atomic E-state index is 12.2. The van der Waals surface area contributed by atoms with Crippen molar-refractivity contribution in [1.82, 2.24) is 14.7 Å². The van der Waals surface area contributed by atoms with Gasteiger partial charge < -0.3 is 20.1 Å². The van der Waals surface area contributed by atoms with Gasteiger partial charge in [-0.1, -0.05) is 18.2 Å². The second kappa shape index (κ2) is 6.31. The van der Waals surface area contributed by atoms with Gasteiger partial charge in [0.1, 0.15) is 5.65 Å². The molecule has 0 spiro atoms. The molecule has 0 bridgehead atoms. The predicted molar refractivity (Wildman–Crippen MR) is 96.4 cm³/mol. The Morgan fingerprint density at radius 3 is 2.80 bits per heavy atom. The molecule has 3 heterocycles. The van der Waals surface area contributed by atoms with E-state index >= 15 is 0 Å². The van der Waals surface area contributed by atoms with E-state index < -0.39 is 6.10 Å². The summed E-state index contributed by atoms with van der Waals surface area (Å²) in [5, 5.41) is 15.4. The van der Waals surface area contributed by atoms with Gasteiger partial charge in [-0.15, -0.1) is 0 Å². The number of nitrogens with one attached hydrogen (secondary N) is 2. The summed E-state index contributed by atoms with van der Waals surface area (Å²) in [6.45, 7) is 2.50. The summed E-state index contributed by atoms with van der Waals surface area (Å²) in [7, 11) is 0. The molecule has 2 atom stereocenters. The molecule has 1 aliphatic heterocycles. The van der Waals surface area contributed by atoms with Crippen LogP contribution in [-0.4, -0.2) is 39.1 Å². The Labute approximate surface area is 145 Å². The van der Waals surface area contributed by atoms with Gasteiger partial charge in [-0.05, 0) is 37.1 Å². The van der Waals surface area contributed by atoms with Crippen LogP contribution in [-0.2, 0) is 4.79 Å². The number of β-amino-alcohol motifs (C(OH)–C–C–N with tert-alkyl or cyclic N) is 1. The molecule has 3 N–H and O–H groups in total. The molecule has 0 saturated carbocycles. The van der Waals surface area contributed by atoms with Gasteiger partial charge in [0.2, 0.25) is 5.91 Å². The van der Waals surface area contributed by atoms with E-state index in [4.69, 9.17) is 0 Å². The molecule has 0 radical (unpaired) electrons. The minimum absolute atomic E-state index is 0.118. The van der Waals surface area contributed by atoms with Gasteiger partial charge in [0.05, 0.1) is 17.8 Å². The van der Waals surface area contributed by atoms with Crippen molar-refractivity contribution in [3.05, 3.63) is 54.4 Å². The van der Waals surface area contributed by atoms with Crippen molar-refractivity contribution < 1.29 is 9.90 Å². The Kier molecular flexibility index (Phi) is 3.99. The van der Waals surface area contributed by atoms with Gasteiger partial charge >= 0.3 is 0 Å². The highest BCUT2D eigenvalue weighted by atomic mass is 16.3. The molecule has 4 rings (SSSR count). The van der Waals surface area contributed by atoms with Crippen LogP contribution < -0.4 is 10.6 Å². The lowest BCUT2D eigenvalue weighted by atomic mass is 10.1. The fraction of sp³-hybridized carbons (Fsp3) is 0.263. The largest absolute Gasteiger partial charge is 0.392 e. The number of hydrogen-bond donors (Lipinski definition) is 3.